The number of aryl methyl sites for hydroxylation is 1. The van der Waals surface area contributed by atoms with Crippen molar-refractivity contribution in [1.82, 2.24) is 9.78 Å². The summed E-state index contributed by atoms with van der Waals surface area (Å²) < 4.78 is 1.75. The van der Waals surface area contributed by atoms with Crippen LogP contribution in [0.4, 0.5) is 0 Å². The van der Waals surface area contributed by atoms with Gasteiger partial charge in [-0.15, -0.1) is 11.8 Å². The van der Waals surface area contributed by atoms with Crippen LogP contribution in [0.15, 0.2) is 22.4 Å². The van der Waals surface area contributed by atoms with E-state index in [1.165, 1.54) is 0 Å². The van der Waals surface area contributed by atoms with Gasteiger partial charge in [0, 0.05) is 29.8 Å². The Balaban J connectivity index is 2.45. The normalized spacial score (nSPS) is 14.3. The molecule has 1 rings (SSSR count). The predicted molar refractivity (Wildman–Crippen MR) is 56.6 cm³/mol. The van der Waals surface area contributed by atoms with E-state index in [9.17, 15) is 0 Å². The van der Waals surface area contributed by atoms with Crippen molar-refractivity contribution >= 4 is 17.6 Å². The van der Waals surface area contributed by atoms with Crippen LogP contribution in [0, 0.1) is 0 Å². The van der Waals surface area contributed by atoms with Crippen molar-refractivity contribution in [2.45, 2.75) is 23.5 Å². The molecule has 78 valence electrons. The zero-order valence-electron chi connectivity index (χ0n) is 8.21. The molecule has 0 fully saturated rings. The molecule has 0 aliphatic rings. The van der Waals surface area contributed by atoms with Gasteiger partial charge in [0.2, 0.25) is 0 Å². The highest BCUT2D eigenvalue weighted by molar-refractivity contribution is 8.00. The lowest BCUT2D eigenvalue weighted by atomic mass is 10.3. The number of oxime groups is 1. The number of hydrogen-bond acceptors (Lipinski definition) is 4. The van der Waals surface area contributed by atoms with Gasteiger partial charge in [-0.2, -0.15) is 5.10 Å². The molecule has 1 atom stereocenters. The molecule has 0 bridgehead atoms. The van der Waals surface area contributed by atoms with Gasteiger partial charge in [0.25, 0.3) is 0 Å². The zero-order valence-corrected chi connectivity index (χ0v) is 9.03. The van der Waals surface area contributed by atoms with Gasteiger partial charge in [0.05, 0.1) is 6.20 Å². The lowest BCUT2D eigenvalue weighted by molar-refractivity contribution is 0.317. The molecule has 6 heteroatoms. The van der Waals surface area contributed by atoms with E-state index < -0.39 is 0 Å². The molecule has 1 heterocycles. The van der Waals surface area contributed by atoms with Crippen molar-refractivity contribution < 1.29 is 5.21 Å². The first-order valence-corrected chi connectivity index (χ1v) is 5.11. The van der Waals surface area contributed by atoms with Gasteiger partial charge in [0.15, 0.2) is 0 Å². The van der Waals surface area contributed by atoms with Gasteiger partial charge < -0.3 is 10.9 Å². The monoisotopic (exact) mass is 214 g/mol. The summed E-state index contributed by atoms with van der Waals surface area (Å²) in [5.41, 5.74) is 5.40. The number of rotatable bonds is 4. The van der Waals surface area contributed by atoms with E-state index in [0.29, 0.717) is 6.42 Å². The summed E-state index contributed by atoms with van der Waals surface area (Å²) in [6.45, 7) is 2.02. The van der Waals surface area contributed by atoms with Gasteiger partial charge >= 0.3 is 0 Å². The molecule has 0 aliphatic heterocycles. The second kappa shape index (κ2) is 4.90. The Morgan fingerprint density at radius 3 is 3.07 bits per heavy atom. The largest absolute Gasteiger partial charge is 0.409 e. The summed E-state index contributed by atoms with van der Waals surface area (Å²) in [4.78, 5) is 1.09. The summed E-state index contributed by atoms with van der Waals surface area (Å²) in [7, 11) is 1.87. The maximum absolute atomic E-state index is 8.39. The Hall–Kier alpha value is -1.17. The highest BCUT2D eigenvalue weighted by atomic mass is 32.2. The molecule has 14 heavy (non-hydrogen) atoms. The van der Waals surface area contributed by atoms with Crippen molar-refractivity contribution in [2.24, 2.45) is 17.9 Å². The van der Waals surface area contributed by atoms with Crippen LogP contribution in [0.5, 0.6) is 0 Å². The maximum atomic E-state index is 8.39. The molecular weight excluding hydrogens is 200 g/mol. The van der Waals surface area contributed by atoms with E-state index in [-0.39, 0.29) is 11.1 Å². The smallest absolute Gasteiger partial charge is 0.140 e. The molecule has 0 saturated heterocycles. The molecule has 1 unspecified atom stereocenters. The van der Waals surface area contributed by atoms with Crippen LogP contribution in [-0.4, -0.2) is 26.1 Å². The molecule has 0 radical (unpaired) electrons. The molecule has 5 nitrogen and oxygen atoms in total. The summed E-state index contributed by atoms with van der Waals surface area (Å²) in [6, 6.07) is 0. The Bertz CT molecular complexity index is 323. The Kier molecular flexibility index (Phi) is 3.82. The quantitative estimate of drug-likeness (QED) is 0.258. The first-order chi connectivity index (χ1) is 6.61. The molecule has 0 aliphatic carbocycles. The summed E-state index contributed by atoms with van der Waals surface area (Å²) in [5, 5.41) is 15.7. The highest BCUT2D eigenvalue weighted by Crippen LogP contribution is 2.23. The Morgan fingerprint density at radius 2 is 2.57 bits per heavy atom. The molecule has 0 amide bonds. The third-order valence-electron chi connectivity index (χ3n) is 1.64. The SMILES string of the molecule is CC(CC(N)=NO)Sc1cnn(C)c1. The van der Waals surface area contributed by atoms with Crippen LogP contribution in [0.2, 0.25) is 0 Å². The van der Waals surface area contributed by atoms with E-state index in [1.54, 1.807) is 22.6 Å². The van der Waals surface area contributed by atoms with Crippen LogP contribution in [0.25, 0.3) is 0 Å². The molecule has 1 aromatic heterocycles. The van der Waals surface area contributed by atoms with Gasteiger partial charge in [-0.1, -0.05) is 12.1 Å². The van der Waals surface area contributed by atoms with Crippen molar-refractivity contribution in [3.8, 4) is 0 Å². The van der Waals surface area contributed by atoms with E-state index >= 15 is 0 Å². The lowest BCUT2D eigenvalue weighted by Crippen LogP contribution is -2.16. The molecule has 3 N–H and O–H groups in total. The van der Waals surface area contributed by atoms with E-state index in [2.05, 4.69) is 10.3 Å². The average Bonchev–Trinajstić information content (AvgIpc) is 2.50. The minimum atomic E-state index is 0.258. The van der Waals surface area contributed by atoms with Gasteiger partial charge in [-0.05, 0) is 0 Å². The minimum Gasteiger partial charge on any atom is -0.409 e. The first-order valence-electron chi connectivity index (χ1n) is 4.23. The third-order valence-corrected chi connectivity index (χ3v) is 2.70. The van der Waals surface area contributed by atoms with Crippen molar-refractivity contribution in [3.63, 3.8) is 0 Å². The van der Waals surface area contributed by atoms with E-state index in [1.807, 2.05) is 20.2 Å². The standard InChI is InChI=1S/C8H14N4OS/c1-6(3-8(9)11-13)14-7-4-10-12(2)5-7/h4-6,13H,3H2,1-2H3,(H2,9,11). The predicted octanol–water partition coefficient (Wildman–Crippen LogP) is 1.04. The molecule has 0 spiro atoms. The number of nitrogens with zero attached hydrogens (tertiary/aromatic N) is 3. The Labute approximate surface area is 87.0 Å². The van der Waals surface area contributed by atoms with E-state index in [0.717, 1.165) is 4.90 Å². The van der Waals surface area contributed by atoms with Gasteiger partial charge in [-0.3, -0.25) is 4.68 Å². The second-order valence-electron chi connectivity index (χ2n) is 3.07. The number of hydrogen-bond donors (Lipinski definition) is 2. The number of nitrogens with two attached hydrogens (primary N) is 1. The van der Waals surface area contributed by atoms with Crippen molar-refractivity contribution in [3.05, 3.63) is 12.4 Å². The van der Waals surface area contributed by atoms with Gasteiger partial charge in [0.1, 0.15) is 5.84 Å². The van der Waals surface area contributed by atoms with Crippen molar-refractivity contribution in [1.29, 1.82) is 0 Å². The van der Waals surface area contributed by atoms with Gasteiger partial charge in [-0.25, -0.2) is 0 Å². The molecule has 1 aromatic rings. The molecule has 0 aromatic carbocycles. The topological polar surface area (TPSA) is 76.4 Å². The number of aromatic nitrogens is 2. The van der Waals surface area contributed by atoms with Crippen molar-refractivity contribution in [2.75, 3.05) is 0 Å². The second-order valence-corrected chi connectivity index (χ2v) is 4.59. The van der Waals surface area contributed by atoms with E-state index in [4.69, 9.17) is 10.9 Å². The first kappa shape index (κ1) is 10.9. The van der Waals surface area contributed by atoms with Crippen LogP contribution >= 0.6 is 11.8 Å². The lowest BCUT2D eigenvalue weighted by Gasteiger charge is -2.07. The van der Waals surface area contributed by atoms with Crippen LogP contribution < -0.4 is 5.73 Å². The number of amidine groups is 1. The molecule has 0 saturated carbocycles. The molecular formula is C8H14N4OS. The van der Waals surface area contributed by atoms with Crippen LogP contribution in [0.1, 0.15) is 13.3 Å². The summed E-state index contributed by atoms with van der Waals surface area (Å²) >= 11 is 1.65. The fourth-order valence-electron chi connectivity index (χ4n) is 1.07. The van der Waals surface area contributed by atoms with Crippen LogP contribution in [0.3, 0.4) is 0 Å². The number of thioether (sulfide) groups is 1. The van der Waals surface area contributed by atoms with Crippen LogP contribution in [-0.2, 0) is 7.05 Å². The fourth-order valence-corrected chi connectivity index (χ4v) is 2.11. The fraction of sp³-hybridized carbons (Fsp3) is 0.500. The minimum absolute atomic E-state index is 0.258. The highest BCUT2D eigenvalue weighted by Gasteiger charge is 2.08. The Morgan fingerprint density at radius 1 is 1.86 bits per heavy atom. The summed E-state index contributed by atoms with van der Waals surface area (Å²) in [6.07, 6.45) is 4.30. The maximum Gasteiger partial charge on any atom is 0.140 e. The zero-order chi connectivity index (χ0) is 10.6. The average molecular weight is 214 g/mol. The third kappa shape index (κ3) is 3.29. The summed E-state index contributed by atoms with van der Waals surface area (Å²) in [5.74, 6) is 0.258.